The average Bonchev–Trinajstić information content (AvgIpc) is 3.53. The smallest absolute Gasteiger partial charge is 0.273 e. The van der Waals surface area contributed by atoms with E-state index in [2.05, 4.69) is 9.69 Å². The Balaban J connectivity index is 1.82. The van der Waals surface area contributed by atoms with Gasteiger partial charge in [-0.15, -0.1) is 0 Å². The first-order valence-corrected chi connectivity index (χ1v) is 12.7. The van der Waals surface area contributed by atoms with Gasteiger partial charge in [-0.3, -0.25) is 19.3 Å². The number of aromatic hydroxyl groups is 1. The zero-order valence-corrected chi connectivity index (χ0v) is 21.5. The molecule has 3 aromatic rings. The van der Waals surface area contributed by atoms with Crippen LogP contribution >= 0.6 is 23.1 Å². The highest BCUT2D eigenvalue weighted by molar-refractivity contribution is 7.09. The summed E-state index contributed by atoms with van der Waals surface area (Å²) in [7, 11) is 0. The van der Waals surface area contributed by atoms with Gasteiger partial charge in [-0.25, -0.2) is 0 Å². The fourth-order valence-corrected chi connectivity index (χ4v) is 4.96. The molecule has 2 heterocycles. The summed E-state index contributed by atoms with van der Waals surface area (Å²) in [6, 6.07) is 9.71. The maximum absolute atomic E-state index is 14.0. The zero-order chi connectivity index (χ0) is 26.7. The summed E-state index contributed by atoms with van der Waals surface area (Å²) in [6.45, 7) is 2.70. The van der Waals surface area contributed by atoms with Gasteiger partial charge in [0.1, 0.15) is 16.7 Å². The van der Waals surface area contributed by atoms with Crippen molar-refractivity contribution in [1.29, 1.82) is 0 Å². The summed E-state index contributed by atoms with van der Waals surface area (Å²) < 4.78 is 9.56. The Morgan fingerprint density at radius 3 is 2.59 bits per heavy atom. The third-order valence-corrected chi connectivity index (χ3v) is 7.31. The Morgan fingerprint density at radius 1 is 1.27 bits per heavy atom. The molecule has 194 valence electrons. The molecule has 6 N–H and O–H groups in total. The Bertz CT molecular complexity index is 1320. The molecule has 2 atom stereocenters. The van der Waals surface area contributed by atoms with Gasteiger partial charge in [0.15, 0.2) is 5.69 Å². The van der Waals surface area contributed by atoms with E-state index < -0.39 is 23.8 Å². The summed E-state index contributed by atoms with van der Waals surface area (Å²) in [4.78, 5) is 40.6. The van der Waals surface area contributed by atoms with Crippen molar-refractivity contribution in [2.45, 2.75) is 31.9 Å². The van der Waals surface area contributed by atoms with E-state index in [1.165, 1.54) is 17.0 Å². The van der Waals surface area contributed by atoms with Crippen LogP contribution in [0.2, 0.25) is 5.02 Å². The minimum absolute atomic E-state index is 0.00341. The number of primary amides is 1. The highest BCUT2D eigenvalue weighted by atomic mass is 35.5. The van der Waals surface area contributed by atoms with Crippen LogP contribution in [0.25, 0.3) is 0 Å². The summed E-state index contributed by atoms with van der Waals surface area (Å²) >= 11 is 7.11. The lowest BCUT2D eigenvalue weighted by atomic mass is 10.0. The number of halogens is 1. The molecule has 37 heavy (non-hydrogen) atoms. The summed E-state index contributed by atoms with van der Waals surface area (Å²) in [5, 5.41) is 13.1. The summed E-state index contributed by atoms with van der Waals surface area (Å²) in [5.74, 6) is -2.03. The van der Waals surface area contributed by atoms with E-state index >= 15 is 0 Å². The van der Waals surface area contributed by atoms with Gasteiger partial charge in [0, 0.05) is 23.9 Å². The maximum Gasteiger partial charge on any atom is 0.273 e. The van der Waals surface area contributed by atoms with Gasteiger partial charge < -0.3 is 26.6 Å². The van der Waals surface area contributed by atoms with Crippen molar-refractivity contribution in [3.63, 3.8) is 0 Å². The first-order chi connectivity index (χ1) is 17.7. The molecular weight excluding hydrogens is 518 g/mol. The molecule has 0 bridgehead atoms. The van der Waals surface area contributed by atoms with Gasteiger partial charge in [0.2, 0.25) is 5.91 Å². The third kappa shape index (κ3) is 5.68. The lowest BCUT2D eigenvalue weighted by Gasteiger charge is -2.32. The lowest BCUT2D eigenvalue weighted by Crippen LogP contribution is -2.45. The van der Waals surface area contributed by atoms with Crippen molar-refractivity contribution >= 4 is 52.2 Å². The molecule has 10 nitrogen and oxygen atoms in total. The normalized spacial score (nSPS) is 15.8. The minimum Gasteiger partial charge on any atom is -0.508 e. The average molecular weight is 544 g/mol. The topological polar surface area (TPSA) is 161 Å². The summed E-state index contributed by atoms with van der Waals surface area (Å²) in [6.07, 6.45) is 1.59. The predicted octanol–water partition coefficient (Wildman–Crippen LogP) is 3.17. The highest BCUT2D eigenvalue weighted by Crippen LogP contribution is 2.35. The molecule has 0 spiro atoms. The number of nitrogens with one attached hydrogen (secondary N) is 1. The van der Waals surface area contributed by atoms with Gasteiger partial charge in [-0.05, 0) is 66.7 Å². The van der Waals surface area contributed by atoms with Crippen molar-refractivity contribution < 1.29 is 24.2 Å². The van der Waals surface area contributed by atoms with Crippen LogP contribution in [0.1, 0.15) is 50.2 Å². The lowest BCUT2D eigenvalue weighted by molar-refractivity contribution is -0.123. The van der Waals surface area contributed by atoms with Crippen molar-refractivity contribution in [2.24, 2.45) is 5.73 Å². The number of amides is 3. The molecular formula is C25H26ClN5O5S. The standard InChI is InChI=1S/C25H26ClN5O5S/c1-13-4-7-15(11-18(13)26)31(25(35)22-19(27)20(23(28)33)30-37-22)21(14-5-8-16(32)9-6-14)24(34)29-12-17-3-2-10-36-17/h4-9,11,17,21,32H,2-3,10,12,27H2,1H3,(H2,28,33)(H,29,34)/t17-,21+/m1/s1. The van der Waals surface area contributed by atoms with Gasteiger partial charge >= 0.3 is 0 Å². The molecule has 0 radical (unpaired) electrons. The van der Waals surface area contributed by atoms with E-state index in [-0.39, 0.29) is 34.7 Å². The molecule has 0 saturated carbocycles. The Hall–Kier alpha value is -3.67. The molecule has 4 rings (SSSR count). The Labute approximate surface area is 222 Å². The largest absolute Gasteiger partial charge is 0.508 e. The first kappa shape index (κ1) is 26.4. The zero-order valence-electron chi connectivity index (χ0n) is 19.9. The number of carbonyl (C=O) groups is 3. The molecule has 1 aliphatic rings. The Kier molecular flexibility index (Phi) is 7.96. The molecule has 3 amide bonds. The van der Waals surface area contributed by atoms with E-state index in [0.29, 0.717) is 34.4 Å². The molecule has 2 aromatic carbocycles. The van der Waals surface area contributed by atoms with E-state index in [4.69, 9.17) is 27.8 Å². The molecule has 1 aromatic heterocycles. The predicted molar refractivity (Wildman–Crippen MR) is 141 cm³/mol. The number of rotatable bonds is 8. The fourth-order valence-electron chi connectivity index (χ4n) is 4.04. The van der Waals surface area contributed by atoms with Crippen LogP contribution in [0.4, 0.5) is 11.4 Å². The SMILES string of the molecule is Cc1ccc(N(C(=O)c2snc(C(N)=O)c2N)[C@H](C(=O)NC[C@H]2CCCO2)c2ccc(O)cc2)cc1Cl. The number of anilines is 2. The van der Waals surface area contributed by atoms with E-state index in [0.717, 1.165) is 18.4 Å². The highest BCUT2D eigenvalue weighted by Gasteiger charge is 2.36. The molecule has 12 heteroatoms. The van der Waals surface area contributed by atoms with Crippen LogP contribution in [0, 0.1) is 6.92 Å². The van der Waals surface area contributed by atoms with Crippen molar-refractivity contribution in [3.8, 4) is 5.75 Å². The number of nitrogens with zero attached hydrogens (tertiary/aromatic N) is 2. The monoisotopic (exact) mass is 543 g/mol. The quantitative estimate of drug-likeness (QED) is 0.339. The van der Waals surface area contributed by atoms with Gasteiger partial charge in [0.25, 0.3) is 11.8 Å². The fraction of sp³-hybridized carbons (Fsp3) is 0.280. The van der Waals surface area contributed by atoms with Crippen LogP contribution in [-0.2, 0) is 9.53 Å². The van der Waals surface area contributed by atoms with Crippen LogP contribution in [0.15, 0.2) is 42.5 Å². The second kappa shape index (κ2) is 11.2. The minimum atomic E-state index is -1.19. The number of aromatic nitrogens is 1. The third-order valence-electron chi connectivity index (χ3n) is 6.05. The number of nitrogens with two attached hydrogens (primary N) is 2. The van der Waals surface area contributed by atoms with Crippen LogP contribution in [0.3, 0.4) is 0 Å². The van der Waals surface area contributed by atoms with Crippen molar-refractivity contribution in [2.75, 3.05) is 23.8 Å². The number of benzene rings is 2. The van der Waals surface area contributed by atoms with Crippen molar-refractivity contribution in [1.82, 2.24) is 9.69 Å². The van der Waals surface area contributed by atoms with E-state index in [9.17, 15) is 19.5 Å². The number of aryl methyl sites for hydroxylation is 1. The number of phenols is 1. The second-order valence-electron chi connectivity index (χ2n) is 8.62. The number of hydrogen-bond donors (Lipinski definition) is 4. The molecule has 1 aliphatic heterocycles. The molecule has 0 unspecified atom stereocenters. The van der Waals surface area contributed by atoms with Crippen LogP contribution in [-0.4, -0.2) is 46.5 Å². The van der Waals surface area contributed by atoms with Crippen LogP contribution in [0.5, 0.6) is 5.75 Å². The molecule has 1 saturated heterocycles. The van der Waals surface area contributed by atoms with Gasteiger partial charge in [0.05, 0.1) is 11.8 Å². The van der Waals surface area contributed by atoms with Gasteiger partial charge in [-0.2, -0.15) is 4.37 Å². The summed E-state index contributed by atoms with van der Waals surface area (Å²) in [5.41, 5.74) is 12.5. The number of nitrogen functional groups attached to an aromatic ring is 1. The number of ether oxygens (including phenoxy) is 1. The molecule has 0 aliphatic carbocycles. The maximum atomic E-state index is 14.0. The van der Waals surface area contributed by atoms with E-state index in [1.807, 2.05) is 6.92 Å². The number of carbonyl (C=O) groups excluding carboxylic acids is 3. The molecule has 1 fully saturated rings. The van der Waals surface area contributed by atoms with Crippen molar-refractivity contribution in [3.05, 3.63) is 69.2 Å². The first-order valence-electron chi connectivity index (χ1n) is 11.5. The second-order valence-corrected chi connectivity index (χ2v) is 9.80. The Morgan fingerprint density at radius 2 is 2.00 bits per heavy atom. The number of hydrogen-bond acceptors (Lipinski definition) is 8. The number of phenolic OH excluding ortho intramolecular Hbond substituents is 1. The van der Waals surface area contributed by atoms with Crippen LogP contribution < -0.4 is 21.7 Å². The van der Waals surface area contributed by atoms with E-state index in [1.54, 1.807) is 30.3 Å². The van der Waals surface area contributed by atoms with Gasteiger partial charge in [-0.1, -0.05) is 29.8 Å².